The molecule has 2 N–H and O–H groups in total. The number of rotatable bonds is 7. The van der Waals surface area contributed by atoms with Crippen molar-refractivity contribution >= 4 is 37.4 Å². The molecule has 0 fully saturated rings. The average molecular weight is 378 g/mol. The topological polar surface area (TPSA) is 138 Å². The first-order valence-electron chi connectivity index (χ1n) is 6.69. The number of sulfone groups is 1. The number of carbonyl (C=O) groups excluding carboxylic acids is 1. The van der Waals surface area contributed by atoms with E-state index in [9.17, 15) is 26.4 Å². The van der Waals surface area contributed by atoms with Gasteiger partial charge in [0, 0.05) is 19.0 Å². The largest absolute Gasteiger partial charge is 0.478 e. The number of nitrogens with one attached hydrogen (secondary N) is 1. The van der Waals surface area contributed by atoms with Crippen LogP contribution in [0.15, 0.2) is 23.1 Å². The van der Waals surface area contributed by atoms with Crippen molar-refractivity contribution < 1.29 is 31.5 Å². The van der Waals surface area contributed by atoms with Crippen molar-refractivity contribution in [3.05, 3.63) is 23.8 Å². The second-order valence-corrected chi connectivity index (χ2v) is 9.41. The van der Waals surface area contributed by atoms with Gasteiger partial charge in [0.2, 0.25) is 15.9 Å². The van der Waals surface area contributed by atoms with Gasteiger partial charge in [-0.3, -0.25) is 4.79 Å². The Morgan fingerprint density at radius 1 is 1.17 bits per heavy atom. The van der Waals surface area contributed by atoms with Crippen LogP contribution >= 0.6 is 0 Å². The van der Waals surface area contributed by atoms with Crippen LogP contribution in [0.1, 0.15) is 17.3 Å². The van der Waals surface area contributed by atoms with Crippen molar-refractivity contribution in [3.63, 3.8) is 0 Å². The second kappa shape index (κ2) is 7.28. The lowest BCUT2D eigenvalue weighted by atomic mass is 10.2. The summed E-state index contributed by atoms with van der Waals surface area (Å²) in [6, 6.07) is 3.16. The van der Waals surface area contributed by atoms with Crippen molar-refractivity contribution in [1.82, 2.24) is 4.31 Å². The van der Waals surface area contributed by atoms with Crippen LogP contribution in [0.5, 0.6) is 0 Å². The number of anilines is 1. The molecule has 9 nitrogen and oxygen atoms in total. The first-order chi connectivity index (χ1) is 10.9. The first kappa shape index (κ1) is 20.1. The monoisotopic (exact) mass is 378 g/mol. The van der Waals surface area contributed by atoms with E-state index in [0.29, 0.717) is 0 Å². The number of hydrogen-bond acceptors (Lipinski definition) is 6. The lowest BCUT2D eigenvalue weighted by molar-refractivity contribution is -0.116. The third-order valence-electron chi connectivity index (χ3n) is 3.07. The summed E-state index contributed by atoms with van der Waals surface area (Å²) in [7, 11) is -6.01. The Hall–Kier alpha value is -1.98. The number of amides is 1. The molecule has 0 aromatic heterocycles. The van der Waals surface area contributed by atoms with E-state index in [4.69, 9.17) is 5.11 Å². The number of sulfonamides is 1. The Morgan fingerprint density at radius 2 is 1.75 bits per heavy atom. The highest BCUT2D eigenvalue weighted by Crippen LogP contribution is 2.19. The quantitative estimate of drug-likeness (QED) is 0.681. The zero-order valence-electron chi connectivity index (χ0n) is 13.3. The maximum Gasteiger partial charge on any atom is 0.335 e. The predicted octanol–water partition coefficient (Wildman–Crippen LogP) is 0.00830. The van der Waals surface area contributed by atoms with Gasteiger partial charge in [-0.05, 0) is 25.1 Å². The molecule has 1 rings (SSSR count). The molecule has 0 saturated carbocycles. The number of hydrogen-bond donors (Lipinski definition) is 2. The van der Waals surface area contributed by atoms with E-state index in [1.165, 1.54) is 14.0 Å². The number of benzene rings is 1. The smallest absolute Gasteiger partial charge is 0.335 e. The highest BCUT2D eigenvalue weighted by atomic mass is 32.2. The van der Waals surface area contributed by atoms with Gasteiger partial charge in [0.05, 0.1) is 22.8 Å². The van der Waals surface area contributed by atoms with Gasteiger partial charge in [-0.1, -0.05) is 0 Å². The molecule has 11 heteroatoms. The second-order valence-electron chi connectivity index (χ2n) is 5.03. The molecule has 0 atom stereocenters. The molecule has 1 amide bonds. The Labute approximate surface area is 140 Å². The minimum Gasteiger partial charge on any atom is -0.478 e. The summed E-state index contributed by atoms with van der Waals surface area (Å²) >= 11 is 0. The molecule has 0 unspecified atom stereocenters. The molecule has 0 aliphatic carbocycles. The average Bonchev–Trinajstić information content (AvgIpc) is 2.45. The molecule has 1 aromatic rings. The van der Waals surface area contributed by atoms with E-state index in [-0.39, 0.29) is 21.9 Å². The molecule has 0 bridgehead atoms. The lowest BCUT2D eigenvalue weighted by Crippen LogP contribution is -2.35. The van der Waals surface area contributed by atoms with Crippen LogP contribution in [0.3, 0.4) is 0 Å². The maximum atomic E-state index is 11.9. The molecule has 0 aliphatic heterocycles. The summed E-state index contributed by atoms with van der Waals surface area (Å²) in [6.45, 7) is 0.945. The Bertz CT molecular complexity index is 860. The molecule has 134 valence electrons. The summed E-state index contributed by atoms with van der Waals surface area (Å²) in [5.41, 5.74) is -0.370. The molecule has 0 aliphatic rings. The highest BCUT2D eigenvalue weighted by Gasteiger charge is 2.19. The van der Waals surface area contributed by atoms with E-state index < -0.39 is 38.3 Å². The Balaban J connectivity index is 3.09. The number of likely N-dealkylation sites (N-methyl/N-ethyl adjacent to an activating group) is 1. The van der Waals surface area contributed by atoms with Gasteiger partial charge in [0.1, 0.15) is 0 Å². The third-order valence-corrected chi connectivity index (χ3v) is 5.97. The first-order valence-corrected chi connectivity index (χ1v) is 10.2. The van der Waals surface area contributed by atoms with Crippen LogP contribution < -0.4 is 5.32 Å². The van der Waals surface area contributed by atoms with Crippen LogP contribution in [0.25, 0.3) is 0 Å². The highest BCUT2D eigenvalue weighted by molar-refractivity contribution is 7.90. The number of nitrogens with zero attached hydrogens (tertiary/aromatic N) is 1. The van der Waals surface area contributed by atoms with Gasteiger partial charge in [0.15, 0.2) is 9.84 Å². The normalized spacial score (nSPS) is 12.2. The fraction of sp³-hybridized carbons (Fsp3) is 0.385. The molecule has 0 spiro atoms. The van der Waals surface area contributed by atoms with Crippen molar-refractivity contribution in [2.24, 2.45) is 0 Å². The van der Waals surface area contributed by atoms with E-state index in [0.717, 1.165) is 28.8 Å². The van der Waals surface area contributed by atoms with Crippen molar-refractivity contribution in [3.8, 4) is 0 Å². The van der Waals surface area contributed by atoms with Crippen molar-refractivity contribution in [1.29, 1.82) is 0 Å². The SMILES string of the molecule is CCS(=O)(=O)N(C)CC(=O)Nc1cc(C(=O)O)cc(S(C)(=O)=O)c1. The Morgan fingerprint density at radius 3 is 2.21 bits per heavy atom. The molecule has 1 aromatic carbocycles. The number of carboxylic acid groups (broad SMARTS) is 1. The minimum atomic E-state index is -3.69. The fourth-order valence-corrected chi connectivity index (χ4v) is 3.17. The standard InChI is InChI=1S/C13H18N2O7S2/c1-4-24(21,22)15(2)8-12(16)14-10-5-9(13(17)18)6-11(7-10)23(3,19)20/h5-7H,4,8H2,1-3H3,(H,14,16)(H,17,18). The maximum absolute atomic E-state index is 11.9. The van der Waals surface area contributed by atoms with Crippen LogP contribution in [0, 0.1) is 0 Å². The number of carbonyl (C=O) groups is 2. The minimum absolute atomic E-state index is 0.0531. The van der Waals surface area contributed by atoms with Gasteiger partial charge in [-0.25, -0.2) is 21.6 Å². The van der Waals surface area contributed by atoms with Crippen LogP contribution in [-0.2, 0) is 24.7 Å². The van der Waals surface area contributed by atoms with Crippen LogP contribution in [-0.4, -0.2) is 63.7 Å². The lowest BCUT2D eigenvalue weighted by Gasteiger charge is -2.16. The van der Waals surface area contributed by atoms with E-state index >= 15 is 0 Å². The van der Waals surface area contributed by atoms with E-state index in [1.54, 1.807) is 0 Å². The van der Waals surface area contributed by atoms with Gasteiger partial charge >= 0.3 is 5.97 Å². The summed E-state index contributed by atoms with van der Waals surface area (Å²) in [6.07, 6.45) is 0.904. The van der Waals surface area contributed by atoms with Crippen LogP contribution in [0.4, 0.5) is 5.69 Å². The summed E-state index contributed by atoms with van der Waals surface area (Å²) in [4.78, 5) is 22.7. The van der Waals surface area contributed by atoms with Crippen molar-refractivity contribution in [2.75, 3.05) is 30.9 Å². The van der Waals surface area contributed by atoms with Gasteiger partial charge < -0.3 is 10.4 Å². The summed E-state index contributed by atoms with van der Waals surface area (Å²) < 4.78 is 47.3. The molecular weight excluding hydrogens is 360 g/mol. The predicted molar refractivity (Wildman–Crippen MR) is 87.2 cm³/mol. The molecule has 0 radical (unpaired) electrons. The fourth-order valence-electron chi connectivity index (χ4n) is 1.73. The zero-order chi connectivity index (χ0) is 18.7. The summed E-state index contributed by atoms with van der Waals surface area (Å²) in [5.74, 6) is -2.26. The number of carboxylic acids is 1. The van der Waals surface area contributed by atoms with E-state index in [2.05, 4.69) is 5.32 Å². The van der Waals surface area contributed by atoms with Crippen LogP contribution in [0.2, 0.25) is 0 Å². The van der Waals surface area contributed by atoms with Crippen molar-refractivity contribution in [2.45, 2.75) is 11.8 Å². The molecule has 0 heterocycles. The summed E-state index contributed by atoms with van der Waals surface area (Å²) in [5, 5.41) is 11.3. The van der Waals surface area contributed by atoms with Gasteiger partial charge in [-0.2, -0.15) is 4.31 Å². The van der Waals surface area contributed by atoms with E-state index in [1.807, 2.05) is 0 Å². The number of aromatic carboxylic acids is 1. The molecular formula is C13H18N2O7S2. The van der Waals surface area contributed by atoms with Gasteiger partial charge in [0.25, 0.3) is 0 Å². The third kappa shape index (κ3) is 5.28. The zero-order valence-corrected chi connectivity index (χ0v) is 14.9. The molecule has 24 heavy (non-hydrogen) atoms. The Kier molecular flexibility index (Phi) is 6.09. The molecule has 0 saturated heterocycles. The van der Waals surface area contributed by atoms with Gasteiger partial charge in [-0.15, -0.1) is 0 Å².